The van der Waals surface area contributed by atoms with Gasteiger partial charge >= 0.3 is 0 Å². The van der Waals surface area contributed by atoms with E-state index >= 15 is 0 Å². The van der Waals surface area contributed by atoms with Crippen molar-refractivity contribution in [2.75, 3.05) is 24.5 Å². The van der Waals surface area contributed by atoms with Gasteiger partial charge in [-0.1, -0.05) is 18.2 Å². The first-order valence-corrected chi connectivity index (χ1v) is 8.48. The normalized spacial score (nSPS) is 17.3. The summed E-state index contributed by atoms with van der Waals surface area (Å²) < 4.78 is 13.5. The molecule has 1 aromatic heterocycles. The van der Waals surface area contributed by atoms with Crippen molar-refractivity contribution in [3.05, 3.63) is 54.0 Å². The van der Waals surface area contributed by atoms with Crippen molar-refractivity contribution in [2.24, 2.45) is 0 Å². The summed E-state index contributed by atoms with van der Waals surface area (Å²) in [5.74, 6) is 0.417. The Balaban J connectivity index is 1.43. The van der Waals surface area contributed by atoms with Crippen molar-refractivity contribution in [3.8, 4) is 0 Å². The molecule has 1 saturated heterocycles. The number of hydrogen-bond acceptors (Lipinski definition) is 5. The van der Waals surface area contributed by atoms with Crippen molar-refractivity contribution in [1.29, 1.82) is 0 Å². The lowest BCUT2D eigenvalue weighted by molar-refractivity contribution is -0.120. The van der Waals surface area contributed by atoms with Crippen LogP contribution in [0.15, 0.2) is 42.6 Å². The molecule has 1 aliphatic heterocycles. The third-order valence-electron chi connectivity index (χ3n) is 4.29. The first-order valence-electron chi connectivity index (χ1n) is 8.48. The summed E-state index contributed by atoms with van der Waals surface area (Å²) in [5, 5.41) is 14.1. The quantitative estimate of drug-likeness (QED) is 0.832. The van der Waals surface area contributed by atoms with E-state index in [1.54, 1.807) is 24.4 Å². The largest absolute Gasteiger partial charge is 0.354 e. The predicted molar refractivity (Wildman–Crippen MR) is 93.5 cm³/mol. The molecule has 2 heterocycles. The molecule has 6 nitrogen and oxygen atoms in total. The highest BCUT2D eigenvalue weighted by molar-refractivity contribution is 5.78. The van der Waals surface area contributed by atoms with Crippen LogP contribution in [-0.4, -0.2) is 41.8 Å². The van der Waals surface area contributed by atoms with Gasteiger partial charge in [0.05, 0.1) is 6.54 Å². The molecule has 2 aromatic rings. The van der Waals surface area contributed by atoms with Gasteiger partial charge in [0.25, 0.3) is 0 Å². The summed E-state index contributed by atoms with van der Waals surface area (Å²) in [6.45, 7) is 2.15. The van der Waals surface area contributed by atoms with Crippen LogP contribution in [-0.2, 0) is 11.3 Å². The van der Waals surface area contributed by atoms with Gasteiger partial charge in [-0.3, -0.25) is 4.79 Å². The summed E-state index contributed by atoms with van der Waals surface area (Å²) in [7, 11) is 0. The van der Waals surface area contributed by atoms with E-state index in [4.69, 9.17) is 0 Å². The number of rotatable bonds is 6. The summed E-state index contributed by atoms with van der Waals surface area (Å²) in [6, 6.07) is 10.5. The number of nitrogens with one attached hydrogen (secondary N) is 2. The van der Waals surface area contributed by atoms with Crippen molar-refractivity contribution in [3.63, 3.8) is 0 Å². The van der Waals surface area contributed by atoms with E-state index in [-0.39, 0.29) is 30.9 Å². The molecule has 0 bridgehead atoms. The van der Waals surface area contributed by atoms with Crippen LogP contribution in [0.5, 0.6) is 0 Å². The van der Waals surface area contributed by atoms with E-state index < -0.39 is 0 Å². The summed E-state index contributed by atoms with van der Waals surface area (Å²) in [4.78, 5) is 14.2. The van der Waals surface area contributed by atoms with Crippen molar-refractivity contribution in [1.82, 2.24) is 20.8 Å². The van der Waals surface area contributed by atoms with Crippen LogP contribution in [0.3, 0.4) is 0 Å². The lowest BCUT2D eigenvalue weighted by Gasteiger charge is -2.33. The molecule has 7 heteroatoms. The van der Waals surface area contributed by atoms with Crippen LogP contribution in [0.2, 0.25) is 0 Å². The number of nitrogens with zero attached hydrogens (tertiary/aromatic N) is 3. The Morgan fingerprint density at radius 2 is 2.16 bits per heavy atom. The summed E-state index contributed by atoms with van der Waals surface area (Å²) in [5.41, 5.74) is 0.488. The SMILES string of the molecule is O=C(CNC1CCCN(c2cccnn2)C1)NCc1ccccc1F. The lowest BCUT2D eigenvalue weighted by Crippen LogP contribution is -2.48. The molecule has 0 aliphatic carbocycles. The standard InChI is InChI=1S/C18H22FN5O/c19-16-7-2-1-5-14(16)11-21-18(25)12-20-15-6-4-10-24(13-15)17-8-3-9-22-23-17/h1-3,5,7-9,15,20H,4,6,10-13H2,(H,21,25). The topological polar surface area (TPSA) is 70.2 Å². The molecule has 1 unspecified atom stereocenters. The minimum Gasteiger partial charge on any atom is -0.354 e. The van der Waals surface area contributed by atoms with Gasteiger partial charge in [-0.2, -0.15) is 5.10 Å². The average molecular weight is 343 g/mol. The fraction of sp³-hybridized carbons (Fsp3) is 0.389. The van der Waals surface area contributed by atoms with E-state index in [1.165, 1.54) is 6.07 Å². The van der Waals surface area contributed by atoms with Crippen LogP contribution in [0, 0.1) is 5.82 Å². The number of benzene rings is 1. The first-order chi connectivity index (χ1) is 12.2. The number of aromatic nitrogens is 2. The zero-order valence-electron chi connectivity index (χ0n) is 14.0. The number of hydrogen-bond donors (Lipinski definition) is 2. The Bertz CT molecular complexity index is 697. The molecule has 1 amide bonds. The molecule has 0 radical (unpaired) electrons. The van der Waals surface area contributed by atoms with E-state index in [9.17, 15) is 9.18 Å². The molecule has 1 atom stereocenters. The highest BCUT2D eigenvalue weighted by Crippen LogP contribution is 2.16. The average Bonchev–Trinajstić information content (AvgIpc) is 2.67. The molecule has 25 heavy (non-hydrogen) atoms. The number of piperidine rings is 1. The molecule has 2 N–H and O–H groups in total. The van der Waals surface area contributed by atoms with Gasteiger partial charge in [0.1, 0.15) is 5.82 Å². The zero-order chi connectivity index (χ0) is 17.5. The molecule has 1 fully saturated rings. The second kappa shape index (κ2) is 8.53. The Morgan fingerprint density at radius 1 is 1.28 bits per heavy atom. The molecule has 1 aliphatic rings. The van der Waals surface area contributed by atoms with Gasteiger partial charge in [-0.05, 0) is 31.0 Å². The smallest absolute Gasteiger partial charge is 0.234 e. The number of carbonyl (C=O) groups is 1. The third-order valence-corrected chi connectivity index (χ3v) is 4.29. The predicted octanol–water partition coefficient (Wildman–Crippen LogP) is 1.49. The van der Waals surface area contributed by atoms with Crippen molar-refractivity contribution in [2.45, 2.75) is 25.4 Å². The van der Waals surface area contributed by atoms with Crippen molar-refractivity contribution < 1.29 is 9.18 Å². The van der Waals surface area contributed by atoms with Crippen LogP contribution in [0.4, 0.5) is 10.2 Å². The number of anilines is 1. The molecule has 3 rings (SSSR count). The highest BCUT2D eigenvalue weighted by atomic mass is 19.1. The Hall–Kier alpha value is -2.54. The van der Waals surface area contributed by atoms with E-state index in [2.05, 4.69) is 25.7 Å². The Labute approximate surface area is 146 Å². The molecular formula is C18H22FN5O. The minimum atomic E-state index is -0.303. The van der Waals surface area contributed by atoms with Gasteiger partial charge < -0.3 is 15.5 Å². The Kier molecular flexibility index (Phi) is 5.90. The summed E-state index contributed by atoms with van der Waals surface area (Å²) in [6.07, 6.45) is 3.70. The van der Waals surface area contributed by atoms with Crippen LogP contribution in [0.25, 0.3) is 0 Å². The third kappa shape index (κ3) is 4.96. The van der Waals surface area contributed by atoms with Crippen LogP contribution >= 0.6 is 0 Å². The minimum absolute atomic E-state index is 0.139. The maximum absolute atomic E-state index is 13.5. The van der Waals surface area contributed by atoms with Gasteiger partial charge in [0, 0.05) is 37.4 Å². The van der Waals surface area contributed by atoms with Gasteiger partial charge in [-0.25, -0.2) is 4.39 Å². The molecule has 1 aromatic carbocycles. The second-order valence-corrected chi connectivity index (χ2v) is 6.12. The van der Waals surface area contributed by atoms with Crippen LogP contribution in [0.1, 0.15) is 18.4 Å². The maximum Gasteiger partial charge on any atom is 0.234 e. The first kappa shape index (κ1) is 17.3. The van der Waals surface area contributed by atoms with Gasteiger partial charge in [-0.15, -0.1) is 5.10 Å². The number of amides is 1. The van der Waals surface area contributed by atoms with E-state index in [0.29, 0.717) is 5.56 Å². The molecule has 132 valence electrons. The summed E-state index contributed by atoms with van der Waals surface area (Å²) >= 11 is 0. The number of carbonyl (C=O) groups excluding carboxylic acids is 1. The van der Waals surface area contributed by atoms with Crippen molar-refractivity contribution >= 4 is 11.7 Å². The van der Waals surface area contributed by atoms with Crippen LogP contribution < -0.4 is 15.5 Å². The van der Waals surface area contributed by atoms with Gasteiger partial charge in [0.15, 0.2) is 5.82 Å². The fourth-order valence-electron chi connectivity index (χ4n) is 2.95. The van der Waals surface area contributed by atoms with Gasteiger partial charge in [0.2, 0.25) is 5.91 Å². The second-order valence-electron chi connectivity index (χ2n) is 6.12. The number of halogens is 1. The van der Waals surface area contributed by atoms with E-state index in [0.717, 1.165) is 31.7 Å². The van der Waals surface area contributed by atoms with E-state index in [1.807, 2.05) is 12.1 Å². The molecular weight excluding hydrogens is 321 g/mol. The highest BCUT2D eigenvalue weighted by Gasteiger charge is 2.21. The monoisotopic (exact) mass is 343 g/mol. The fourth-order valence-corrected chi connectivity index (χ4v) is 2.95. The Morgan fingerprint density at radius 3 is 2.96 bits per heavy atom. The maximum atomic E-state index is 13.5. The molecule has 0 spiro atoms. The molecule has 0 saturated carbocycles. The zero-order valence-corrected chi connectivity index (χ0v) is 14.0. The lowest BCUT2D eigenvalue weighted by atomic mass is 10.1.